The molecule has 0 aliphatic carbocycles. The molecule has 0 radical (unpaired) electrons. The molecule has 1 aromatic carbocycles. The monoisotopic (exact) mass is 406 g/mol. The third-order valence-electron chi connectivity index (χ3n) is 5.47. The Morgan fingerprint density at radius 1 is 0.862 bits per heavy atom. The molecule has 1 aromatic rings. The number of ether oxygens (including phenoxy) is 1. The molecule has 0 amide bonds. The first kappa shape index (κ1) is 25.6. The maximum absolute atomic E-state index is 11.1. The van der Waals surface area contributed by atoms with Crippen LogP contribution in [0.15, 0.2) is 30.3 Å². The van der Waals surface area contributed by atoms with Crippen molar-refractivity contribution in [3.63, 3.8) is 0 Å². The van der Waals surface area contributed by atoms with Crippen molar-refractivity contribution in [1.82, 2.24) is 0 Å². The van der Waals surface area contributed by atoms with Crippen LogP contribution in [-0.4, -0.2) is 28.4 Å². The van der Waals surface area contributed by atoms with Gasteiger partial charge in [0.15, 0.2) is 0 Å². The zero-order valence-corrected chi connectivity index (χ0v) is 18.4. The zero-order chi connectivity index (χ0) is 21.2. The van der Waals surface area contributed by atoms with Crippen LogP contribution in [0.5, 0.6) is 0 Å². The van der Waals surface area contributed by atoms with E-state index >= 15 is 0 Å². The Balaban J connectivity index is 2.10. The van der Waals surface area contributed by atoms with E-state index in [2.05, 4.69) is 6.92 Å². The third kappa shape index (κ3) is 14.3. The van der Waals surface area contributed by atoms with Crippen molar-refractivity contribution < 1.29 is 19.7 Å². The summed E-state index contributed by atoms with van der Waals surface area (Å²) >= 11 is 0. The van der Waals surface area contributed by atoms with Gasteiger partial charge in [0.2, 0.25) is 0 Å². The minimum absolute atomic E-state index is 0.160. The molecule has 2 N–H and O–H groups in total. The number of hydrogen-bond acceptors (Lipinski definition) is 3. The number of benzene rings is 1. The van der Waals surface area contributed by atoms with E-state index in [1.165, 1.54) is 64.2 Å². The van der Waals surface area contributed by atoms with Crippen LogP contribution in [0.25, 0.3) is 0 Å². The molecule has 0 aromatic heterocycles. The molecule has 29 heavy (non-hydrogen) atoms. The Labute approximate surface area is 177 Å². The summed E-state index contributed by atoms with van der Waals surface area (Å²) in [6.45, 7) is 2.58. The molecular formula is C25H42O4. The van der Waals surface area contributed by atoms with Gasteiger partial charge in [0.1, 0.15) is 0 Å². The molecule has 0 heterocycles. The van der Waals surface area contributed by atoms with E-state index in [0.29, 0.717) is 13.0 Å². The largest absolute Gasteiger partial charge is 0.481 e. The highest BCUT2D eigenvalue weighted by molar-refractivity contribution is 5.67. The highest BCUT2D eigenvalue weighted by atomic mass is 16.5. The molecule has 1 rings (SSSR count). The Morgan fingerprint density at radius 3 is 1.90 bits per heavy atom. The molecule has 2 unspecified atom stereocenters. The Hall–Kier alpha value is -1.39. The summed E-state index contributed by atoms with van der Waals surface area (Å²) in [6.07, 6.45) is 14.3. The van der Waals surface area contributed by atoms with Gasteiger partial charge in [-0.2, -0.15) is 0 Å². The van der Waals surface area contributed by atoms with Crippen molar-refractivity contribution in [3.8, 4) is 0 Å². The first-order valence-electron chi connectivity index (χ1n) is 11.7. The lowest BCUT2D eigenvalue weighted by molar-refractivity contribution is -0.144. The standard InChI is InChI=1S/C25H42O4/c1-2-3-4-5-6-7-8-9-10-11-12-16-19-23(26)24(20-25(27)28)29-21-22-17-14-13-15-18-22/h13-15,17-18,23-24,26H,2-12,16,19-21H2,1H3,(H,27,28). The second-order valence-corrected chi connectivity index (χ2v) is 8.18. The van der Waals surface area contributed by atoms with Crippen molar-refractivity contribution in [2.24, 2.45) is 0 Å². The summed E-state index contributed by atoms with van der Waals surface area (Å²) in [5.74, 6) is -0.934. The van der Waals surface area contributed by atoms with Crippen LogP contribution in [0.3, 0.4) is 0 Å². The molecule has 0 saturated carbocycles. The summed E-state index contributed by atoms with van der Waals surface area (Å²) in [7, 11) is 0. The highest BCUT2D eigenvalue weighted by Gasteiger charge is 2.22. The minimum Gasteiger partial charge on any atom is -0.481 e. The fourth-order valence-corrected chi connectivity index (χ4v) is 3.64. The van der Waals surface area contributed by atoms with Crippen LogP contribution < -0.4 is 0 Å². The number of hydrogen-bond donors (Lipinski definition) is 2. The summed E-state index contributed by atoms with van der Waals surface area (Å²) in [5.41, 5.74) is 0.987. The lowest BCUT2D eigenvalue weighted by Crippen LogP contribution is -2.31. The van der Waals surface area contributed by atoms with Crippen LogP contribution in [-0.2, 0) is 16.1 Å². The van der Waals surface area contributed by atoms with Gasteiger partial charge in [0.05, 0.1) is 25.2 Å². The van der Waals surface area contributed by atoms with E-state index in [9.17, 15) is 9.90 Å². The smallest absolute Gasteiger partial charge is 0.306 e. The minimum atomic E-state index is -0.934. The zero-order valence-electron chi connectivity index (χ0n) is 18.4. The van der Waals surface area contributed by atoms with E-state index in [1.54, 1.807) is 0 Å². The number of unbranched alkanes of at least 4 members (excludes halogenated alkanes) is 11. The van der Waals surface area contributed by atoms with Gasteiger partial charge in [-0.1, -0.05) is 114 Å². The van der Waals surface area contributed by atoms with Crippen LogP contribution >= 0.6 is 0 Å². The number of aliphatic hydroxyl groups excluding tert-OH is 1. The summed E-state index contributed by atoms with van der Waals surface area (Å²) in [4.78, 5) is 11.1. The average Bonchev–Trinajstić information content (AvgIpc) is 2.72. The van der Waals surface area contributed by atoms with Gasteiger partial charge >= 0.3 is 5.97 Å². The van der Waals surface area contributed by atoms with E-state index in [4.69, 9.17) is 9.84 Å². The quantitative estimate of drug-likeness (QED) is 0.257. The molecule has 4 heteroatoms. The van der Waals surface area contributed by atoms with E-state index in [0.717, 1.165) is 18.4 Å². The van der Waals surface area contributed by atoms with Crippen LogP contribution in [0.1, 0.15) is 102 Å². The van der Waals surface area contributed by atoms with Crippen molar-refractivity contribution in [1.29, 1.82) is 0 Å². The van der Waals surface area contributed by atoms with Gasteiger partial charge in [-0.05, 0) is 12.0 Å². The SMILES string of the molecule is CCCCCCCCCCCCCCC(O)C(CC(=O)O)OCc1ccccc1. The highest BCUT2D eigenvalue weighted by Crippen LogP contribution is 2.17. The van der Waals surface area contributed by atoms with Gasteiger partial charge in [-0.3, -0.25) is 4.79 Å². The Bertz CT molecular complexity index is 503. The van der Waals surface area contributed by atoms with E-state index in [1.807, 2.05) is 30.3 Å². The fourth-order valence-electron chi connectivity index (χ4n) is 3.64. The van der Waals surface area contributed by atoms with Crippen molar-refractivity contribution in [2.75, 3.05) is 0 Å². The molecule has 166 valence electrons. The number of aliphatic hydroxyl groups is 1. The molecule has 0 aliphatic heterocycles. The van der Waals surface area contributed by atoms with Gasteiger partial charge in [0.25, 0.3) is 0 Å². The summed E-state index contributed by atoms with van der Waals surface area (Å²) in [6, 6.07) is 9.66. The predicted molar refractivity (Wildman–Crippen MR) is 119 cm³/mol. The molecule has 0 spiro atoms. The number of carboxylic acids is 1. The number of rotatable bonds is 19. The molecule has 2 atom stereocenters. The fraction of sp³-hybridized carbons (Fsp3) is 0.720. The molecule has 0 saturated heterocycles. The number of carbonyl (C=O) groups is 1. The Morgan fingerprint density at radius 2 is 1.38 bits per heavy atom. The molecule has 0 fully saturated rings. The summed E-state index contributed by atoms with van der Waals surface area (Å²) in [5, 5.41) is 19.5. The van der Waals surface area contributed by atoms with Crippen LogP contribution in [0.4, 0.5) is 0 Å². The van der Waals surface area contributed by atoms with E-state index < -0.39 is 18.2 Å². The predicted octanol–water partition coefficient (Wildman–Crippen LogP) is 6.50. The van der Waals surface area contributed by atoms with E-state index in [-0.39, 0.29) is 6.42 Å². The number of carboxylic acid groups (broad SMARTS) is 1. The maximum atomic E-state index is 11.1. The average molecular weight is 407 g/mol. The van der Waals surface area contributed by atoms with Crippen molar-refractivity contribution >= 4 is 5.97 Å². The molecule has 0 aliphatic rings. The van der Waals surface area contributed by atoms with Gasteiger partial charge in [-0.25, -0.2) is 0 Å². The normalized spacial score (nSPS) is 13.3. The van der Waals surface area contributed by atoms with Crippen LogP contribution in [0.2, 0.25) is 0 Å². The second-order valence-electron chi connectivity index (χ2n) is 8.18. The maximum Gasteiger partial charge on any atom is 0.306 e. The van der Waals surface area contributed by atoms with Gasteiger partial charge in [0, 0.05) is 0 Å². The molecule has 4 nitrogen and oxygen atoms in total. The molecule has 0 bridgehead atoms. The lowest BCUT2D eigenvalue weighted by Gasteiger charge is -2.22. The number of aliphatic carboxylic acids is 1. The topological polar surface area (TPSA) is 66.8 Å². The van der Waals surface area contributed by atoms with Crippen molar-refractivity contribution in [2.45, 2.75) is 116 Å². The van der Waals surface area contributed by atoms with Crippen molar-refractivity contribution in [3.05, 3.63) is 35.9 Å². The Kier molecular flexibility index (Phi) is 15.4. The van der Waals surface area contributed by atoms with Gasteiger partial charge < -0.3 is 14.9 Å². The lowest BCUT2D eigenvalue weighted by atomic mass is 10.0. The first-order chi connectivity index (χ1) is 14.1. The summed E-state index contributed by atoms with van der Waals surface area (Å²) < 4.78 is 5.73. The first-order valence-corrected chi connectivity index (χ1v) is 11.7. The van der Waals surface area contributed by atoms with Crippen LogP contribution in [0, 0.1) is 0 Å². The molecular weight excluding hydrogens is 364 g/mol. The van der Waals surface area contributed by atoms with Gasteiger partial charge in [-0.15, -0.1) is 0 Å². The second kappa shape index (κ2) is 17.5. The third-order valence-corrected chi connectivity index (χ3v) is 5.47.